The molecule has 0 bridgehead atoms. The van der Waals surface area contributed by atoms with Crippen LogP contribution in [0.25, 0.3) is 0 Å². The summed E-state index contributed by atoms with van der Waals surface area (Å²) in [4.78, 5) is 28.5. The highest BCUT2D eigenvalue weighted by Gasteiger charge is 2.34. The molecule has 0 fully saturated rings. The van der Waals surface area contributed by atoms with Crippen molar-refractivity contribution in [2.24, 2.45) is 0 Å². The van der Waals surface area contributed by atoms with Crippen LogP contribution in [0, 0.1) is 0 Å². The summed E-state index contributed by atoms with van der Waals surface area (Å²) in [7, 11) is -4.20. The van der Waals surface area contributed by atoms with Crippen LogP contribution in [0.15, 0.2) is 77.7 Å². The Morgan fingerprint density at radius 3 is 2.18 bits per heavy atom. The van der Waals surface area contributed by atoms with Crippen molar-refractivity contribution in [3.05, 3.63) is 93.4 Å². The summed E-state index contributed by atoms with van der Waals surface area (Å²) in [5, 5.41) is 3.74. The van der Waals surface area contributed by atoms with Gasteiger partial charge in [-0.1, -0.05) is 85.0 Å². The van der Waals surface area contributed by atoms with Gasteiger partial charge in [0.1, 0.15) is 12.6 Å². The third-order valence-electron chi connectivity index (χ3n) is 6.02. The predicted octanol–water partition coefficient (Wildman–Crippen LogP) is 6.18. The van der Waals surface area contributed by atoms with Crippen molar-refractivity contribution in [3.63, 3.8) is 0 Å². The molecule has 0 radical (unpaired) electrons. The summed E-state index contributed by atoms with van der Waals surface area (Å²) in [5.74, 6) is -0.938. The molecule has 0 aliphatic heterocycles. The fraction of sp³-hybridized carbons (Fsp3) is 0.286. The molecule has 0 heterocycles. The monoisotopic (exact) mass is 609 g/mol. The number of amides is 2. The van der Waals surface area contributed by atoms with Crippen molar-refractivity contribution in [3.8, 4) is 0 Å². The number of rotatable bonds is 12. The van der Waals surface area contributed by atoms with Gasteiger partial charge in [0.25, 0.3) is 10.0 Å². The summed E-state index contributed by atoms with van der Waals surface area (Å²) in [6, 6.07) is 18.2. The van der Waals surface area contributed by atoms with E-state index >= 15 is 0 Å². The molecule has 1 N–H and O–H groups in total. The van der Waals surface area contributed by atoms with Gasteiger partial charge < -0.3 is 10.2 Å². The highest BCUT2D eigenvalue weighted by atomic mass is 35.5. The topological polar surface area (TPSA) is 86.8 Å². The minimum absolute atomic E-state index is 0.00209. The molecule has 1 unspecified atom stereocenters. The molecule has 0 aliphatic rings. The molecular weight excluding hydrogens is 581 g/mol. The van der Waals surface area contributed by atoms with E-state index in [1.165, 1.54) is 23.1 Å². The Morgan fingerprint density at radius 2 is 1.56 bits per heavy atom. The quantitative estimate of drug-likeness (QED) is 0.266. The van der Waals surface area contributed by atoms with Gasteiger partial charge in [0.05, 0.1) is 15.6 Å². The van der Waals surface area contributed by atoms with Crippen molar-refractivity contribution < 1.29 is 18.0 Å². The first-order chi connectivity index (χ1) is 18.6. The molecule has 0 saturated heterocycles. The summed E-state index contributed by atoms with van der Waals surface area (Å²) < 4.78 is 28.6. The number of nitrogens with one attached hydrogen (secondary N) is 1. The van der Waals surface area contributed by atoms with Crippen molar-refractivity contribution >= 4 is 62.3 Å². The van der Waals surface area contributed by atoms with E-state index in [0.717, 1.165) is 10.7 Å². The summed E-state index contributed by atoms with van der Waals surface area (Å²) in [6.45, 7) is 3.52. The van der Waals surface area contributed by atoms with Crippen LogP contribution in [-0.2, 0) is 26.2 Å². The fourth-order valence-corrected chi connectivity index (χ4v) is 6.22. The first kappa shape index (κ1) is 30.8. The maximum Gasteiger partial charge on any atom is 0.264 e. The lowest BCUT2D eigenvalue weighted by atomic mass is 10.1. The Hall–Kier alpha value is -2.78. The van der Waals surface area contributed by atoms with Crippen LogP contribution >= 0.6 is 34.8 Å². The molecule has 208 valence electrons. The Morgan fingerprint density at radius 1 is 0.897 bits per heavy atom. The smallest absolute Gasteiger partial charge is 0.264 e. The number of nitrogens with zero attached hydrogens (tertiary/aromatic N) is 2. The SMILES string of the molecule is CCCNC(=O)C(CC)N(Cc1ccc(Cl)cc1Cl)C(=O)CN(c1ccccc1Cl)S(=O)(=O)c1ccccc1. The molecule has 3 rings (SSSR count). The second kappa shape index (κ2) is 14.0. The lowest BCUT2D eigenvalue weighted by Crippen LogP contribution is -2.52. The third-order valence-corrected chi connectivity index (χ3v) is 8.70. The van der Waals surface area contributed by atoms with E-state index in [1.807, 2.05) is 6.92 Å². The van der Waals surface area contributed by atoms with Gasteiger partial charge in [-0.25, -0.2) is 8.42 Å². The number of benzene rings is 3. The van der Waals surface area contributed by atoms with Crippen LogP contribution in [0.5, 0.6) is 0 Å². The number of anilines is 1. The molecule has 3 aromatic rings. The van der Waals surface area contributed by atoms with Crippen molar-refractivity contribution in [1.29, 1.82) is 0 Å². The number of halogens is 3. The molecule has 0 aromatic heterocycles. The van der Waals surface area contributed by atoms with E-state index < -0.39 is 28.5 Å². The fourth-order valence-electron chi connectivity index (χ4n) is 4.01. The molecule has 2 amide bonds. The highest BCUT2D eigenvalue weighted by Crippen LogP contribution is 2.31. The number of carbonyl (C=O) groups excluding carboxylic acids is 2. The second-order valence-electron chi connectivity index (χ2n) is 8.75. The zero-order valence-electron chi connectivity index (χ0n) is 21.6. The van der Waals surface area contributed by atoms with Gasteiger partial charge >= 0.3 is 0 Å². The van der Waals surface area contributed by atoms with Gasteiger partial charge in [0, 0.05) is 23.1 Å². The molecule has 0 spiro atoms. The predicted molar refractivity (Wildman–Crippen MR) is 157 cm³/mol. The van der Waals surface area contributed by atoms with Gasteiger partial charge in [-0.2, -0.15) is 0 Å². The Labute approximate surface area is 244 Å². The number of hydrogen-bond acceptors (Lipinski definition) is 4. The number of para-hydroxylation sites is 1. The first-order valence-corrected chi connectivity index (χ1v) is 15.0. The van der Waals surface area contributed by atoms with Crippen molar-refractivity contribution in [2.45, 2.75) is 44.2 Å². The molecule has 0 saturated carbocycles. The average Bonchev–Trinajstić information content (AvgIpc) is 2.92. The molecular formula is C28H30Cl3N3O4S. The van der Waals surface area contributed by atoms with Crippen LogP contribution in [0.1, 0.15) is 32.3 Å². The normalized spacial score (nSPS) is 12.0. The lowest BCUT2D eigenvalue weighted by Gasteiger charge is -2.33. The molecule has 7 nitrogen and oxygen atoms in total. The van der Waals surface area contributed by atoms with E-state index in [-0.39, 0.29) is 28.1 Å². The number of carbonyl (C=O) groups is 2. The zero-order chi connectivity index (χ0) is 28.6. The molecule has 1 atom stereocenters. The Balaban J connectivity index is 2.07. The molecule has 11 heteroatoms. The molecule has 39 heavy (non-hydrogen) atoms. The van der Waals surface area contributed by atoms with E-state index in [1.54, 1.807) is 61.5 Å². The number of hydrogen-bond donors (Lipinski definition) is 1. The standard InChI is InChI=1S/C28H30Cl3N3O4S/c1-3-16-32-28(36)25(4-2)33(18-20-14-15-21(29)17-24(20)31)27(35)19-34(26-13-9-8-12-23(26)30)39(37,38)22-10-6-5-7-11-22/h5-15,17,25H,3-4,16,18-19H2,1-2H3,(H,32,36). The maximum atomic E-state index is 14.0. The summed E-state index contributed by atoms with van der Waals surface area (Å²) in [6.07, 6.45) is 1.01. The largest absolute Gasteiger partial charge is 0.354 e. The van der Waals surface area contributed by atoms with E-state index in [0.29, 0.717) is 28.6 Å². The average molecular weight is 611 g/mol. The van der Waals surface area contributed by atoms with Gasteiger partial charge in [0.15, 0.2) is 0 Å². The molecule has 0 aliphatic carbocycles. The van der Waals surface area contributed by atoms with E-state index in [2.05, 4.69) is 5.32 Å². The minimum Gasteiger partial charge on any atom is -0.354 e. The maximum absolute atomic E-state index is 14.0. The highest BCUT2D eigenvalue weighted by molar-refractivity contribution is 7.92. The Kier molecular flexibility index (Phi) is 11.1. The van der Waals surface area contributed by atoms with Gasteiger partial charge in [0.2, 0.25) is 11.8 Å². The van der Waals surface area contributed by atoms with E-state index in [9.17, 15) is 18.0 Å². The zero-order valence-corrected chi connectivity index (χ0v) is 24.7. The van der Waals surface area contributed by atoms with Gasteiger partial charge in [-0.05, 0) is 54.8 Å². The van der Waals surface area contributed by atoms with Crippen molar-refractivity contribution in [2.75, 3.05) is 17.4 Å². The summed E-state index contributed by atoms with van der Waals surface area (Å²) in [5.41, 5.74) is 0.704. The van der Waals surface area contributed by atoms with E-state index in [4.69, 9.17) is 34.8 Å². The van der Waals surface area contributed by atoms with Crippen LogP contribution in [0.2, 0.25) is 15.1 Å². The van der Waals surface area contributed by atoms with Crippen LogP contribution in [0.3, 0.4) is 0 Å². The summed E-state index contributed by atoms with van der Waals surface area (Å²) >= 11 is 18.9. The Bertz CT molecular complexity index is 1400. The third kappa shape index (κ3) is 7.66. The van der Waals surface area contributed by atoms with Crippen LogP contribution in [-0.4, -0.2) is 44.3 Å². The minimum atomic E-state index is -4.20. The second-order valence-corrected chi connectivity index (χ2v) is 11.9. The van der Waals surface area contributed by atoms with Crippen LogP contribution in [0.4, 0.5) is 5.69 Å². The van der Waals surface area contributed by atoms with Gasteiger partial charge in [-0.15, -0.1) is 0 Å². The van der Waals surface area contributed by atoms with Crippen LogP contribution < -0.4 is 9.62 Å². The first-order valence-electron chi connectivity index (χ1n) is 12.4. The lowest BCUT2D eigenvalue weighted by molar-refractivity contribution is -0.140. The molecule has 3 aromatic carbocycles. The number of sulfonamides is 1. The van der Waals surface area contributed by atoms with Crippen molar-refractivity contribution in [1.82, 2.24) is 10.2 Å². The van der Waals surface area contributed by atoms with Gasteiger partial charge in [-0.3, -0.25) is 13.9 Å².